The third-order valence-electron chi connectivity index (χ3n) is 4.99. The van der Waals surface area contributed by atoms with Crippen molar-refractivity contribution in [1.29, 1.82) is 0 Å². The predicted octanol–water partition coefficient (Wildman–Crippen LogP) is 5.52. The Balaban J connectivity index is 1.75. The molecule has 2 nitrogen and oxygen atoms in total. The van der Waals surface area contributed by atoms with Crippen LogP contribution in [0.15, 0.2) is 53.3 Å². The summed E-state index contributed by atoms with van der Waals surface area (Å²) in [5.41, 5.74) is 3.42. The van der Waals surface area contributed by atoms with Crippen molar-refractivity contribution in [1.82, 2.24) is 0 Å². The van der Waals surface area contributed by atoms with Gasteiger partial charge in [-0.2, -0.15) is 0 Å². The van der Waals surface area contributed by atoms with Gasteiger partial charge in [0.25, 0.3) is 0 Å². The second kappa shape index (κ2) is 6.40. The minimum Gasteiger partial charge on any atom is -0.355 e. The molecule has 0 bridgehead atoms. The molecule has 0 fully saturated rings. The van der Waals surface area contributed by atoms with Gasteiger partial charge in [-0.3, -0.25) is 4.79 Å². The lowest BCUT2D eigenvalue weighted by molar-refractivity contribution is 0.448. The molecule has 0 saturated carbocycles. The van der Waals surface area contributed by atoms with Gasteiger partial charge >= 0.3 is 0 Å². The highest BCUT2D eigenvalue weighted by Crippen LogP contribution is 2.33. The SMILES string of the molecule is CCC1CCc2c(sc3cc(Nc4ccccc4)ccc3c2=O)C1. The highest BCUT2D eigenvalue weighted by Gasteiger charge is 2.21. The van der Waals surface area contributed by atoms with Crippen LogP contribution in [0.5, 0.6) is 0 Å². The van der Waals surface area contributed by atoms with Crippen LogP contribution in [0.25, 0.3) is 10.1 Å². The van der Waals surface area contributed by atoms with Crippen molar-refractivity contribution in [3.63, 3.8) is 0 Å². The summed E-state index contributed by atoms with van der Waals surface area (Å²) in [5.74, 6) is 0.733. The average Bonchev–Trinajstić information content (AvgIpc) is 2.62. The second-order valence-electron chi connectivity index (χ2n) is 6.55. The van der Waals surface area contributed by atoms with Crippen LogP contribution in [0.4, 0.5) is 11.4 Å². The Morgan fingerprint density at radius 1 is 1.12 bits per heavy atom. The maximum absolute atomic E-state index is 12.8. The molecule has 0 saturated heterocycles. The smallest absolute Gasteiger partial charge is 0.191 e. The Morgan fingerprint density at radius 3 is 2.75 bits per heavy atom. The van der Waals surface area contributed by atoms with E-state index in [0.717, 1.165) is 52.2 Å². The van der Waals surface area contributed by atoms with Crippen molar-refractivity contribution < 1.29 is 0 Å². The first-order valence-electron chi connectivity index (χ1n) is 8.65. The van der Waals surface area contributed by atoms with Crippen LogP contribution in [0.2, 0.25) is 0 Å². The van der Waals surface area contributed by atoms with Crippen LogP contribution in [0.1, 0.15) is 30.2 Å². The van der Waals surface area contributed by atoms with Gasteiger partial charge in [-0.25, -0.2) is 0 Å². The summed E-state index contributed by atoms with van der Waals surface area (Å²) >= 11 is 1.81. The lowest BCUT2D eigenvalue weighted by Gasteiger charge is -2.22. The van der Waals surface area contributed by atoms with Crippen molar-refractivity contribution in [3.8, 4) is 0 Å². The predicted molar refractivity (Wildman–Crippen MR) is 104 cm³/mol. The number of nitrogens with one attached hydrogen (secondary N) is 1. The summed E-state index contributed by atoms with van der Waals surface area (Å²) < 4.78 is 1.09. The molecular formula is C21H21NOS. The number of benzene rings is 2. The standard InChI is InChI=1S/C21H21NOS/c1-2-14-8-10-17-19(12-14)24-20-13-16(9-11-18(20)21(17)23)22-15-6-4-3-5-7-15/h3-7,9,11,13-14,22H,2,8,10,12H2,1H3. The fourth-order valence-corrected chi connectivity index (χ4v) is 4.88. The minimum absolute atomic E-state index is 0.250. The first kappa shape index (κ1) is 15.4. The van der Waals surface area contributed by atoms with Crippen LogP contribution < -0.4 is 10.7 Å². The molecule has 1 aromatic heterocycles. The van der Waals surface area contributed by atoms with Gasteiger partial charge in [-0.15, -0.1) is 11.3 Å². The van der Waals surface area contributed by atoms with E-state index in [1.54, 1.807) is 0 Å². The monoisotopic (exact) mass is 335 g/mol. The Hall–Kier alpha value is -2.13. The molecule has 1 aliphatic rings. The fraction of sp³-hybridized carbons (Fsp3) is 0.286. The van der Waals surface area contributed by atoms with Crippen molar-refractivity contribution in [2.75, 3.05) is 5.32 Å². The zero-order valence-corrected chi connectivity index (χ0v) is 14.7. The van der Waals surface area contributed by atoms with Crippen molar-refractivity contribution in [3.05, 3.63) is 69.2 Å². The van der Waals surface area contributed by atoms with Gasteiger partial charge in [0, 0.05) is 31.9 Å². The van der Waals surface area contributed by atoms with E-state index in [4.69, 9.17) is 0 Å². The van der Waals surface area contributed by atoms with Gasteiger partial charge in [0.1, 0.15) is 0 Å². The van der Waals surface area contributed by atoms with E-state index < -0.39 is 0 Å². The third kappa shape index (κ3) is 2.84. The molecule has 1 aliphatic carbocycles. The summed E-state index contributed by atoms with van der Waals surface area (Å²) in [4.78, 5) is 14.1. The zero-order valence-electron chi connectivity index (χ0n) is 13.8. The number of rotatable bonds is 3. The Labute approximate surface area is 146 Å². The maximum atomic E-state index is 12.8. The van der Waals surface area contributed by atoms with Crippen LogP contribution in [0.3, 0.4) is 0 Å². The van der Waals surface area contributed by atoms with Gasteiger partial charge in [0.05, 0.1) is 0 Å². The second-order valence-corrected chi connectivity index (χ2v) is 7.69. The van der Waals surface area contributed by atoms with E-state index in [1.165, 1.54) is 11.3 Å². The number of anilines is 2. The maximum Gasteiger partial charge on any atom is 0.191 e. The number of fused-ring (bicyclic) bond motifs is 2. The molecular weight excluding hydrogens is 314 g/mol. The Kier molecular flexibility index (Phi) is 4.11. The third-order valence-corrected chi connectivity index (χ3v) is 6.20. The van der Waals surface area contributed by atoms with Crippen molar-refractivity contribution in [2.45, 2.75) is 32.6 Å². The normalized spacial score (nSPS) is 16.8. The molecule has 3 heteroatoms. The number of hydrogen-bond donors (Lipinski definition) is 1. The van der Waals surface area contributed by atoms with Crippen molar-refractivity contribution >= 4 is 32.8 Å². The summed E-state index contributed by atoms with van der Waals surface area (Å²) in [5, 5.41) is 4.29. The number of para-hydroxylation sites is 1. The van der Waals surface area contributed by atoms with Gasteiger partial charge < -0.3 is 5.32 Å². The van der Waals surface area contributed by atoms with Crippen LogP contribution in [0, 0.1) is 5.92 Å². The average molecular weight is 335 g/mol. The van der Waals surface area contributed by atoms with E-state index in [0.29, 0.717) is 0 Å². The van der Waals surface area contributed by atoms with E-state index in [9.17, 15) is 4.79 Å². The zero-order chi connectivity index (χ0) is 16.5. The van der Waals surface area contributed by atoms with E-state index in [1.807, 2.05) is 53.8 Å². The minimum atomic E-state index is 0.250. The summed E-state index contributed by atoms with van der Waals surface area (Å²) in [7, 11) is 0. The van der Waals surface area contributed by atoms with Gasteiger partial charge in [-0.05, 0) is 55.5 Å². The van der Waals surface area contributed by atoms with Gasteiger partial charge in [-0.1, -0.05) is 31.5 Å². The van der Waals surface area contributed by atoms with Crippen LogP contribution in [-0.2, 0) is 12.8 Å². The topological polar surface area (TPSA) is 29.1 Å². The molecule has 3 aromatic rings. The first-order chi connectivity index (χ1) is 11.7. The lowest BCUT2D eigenvalue weighted by Crippen LogP contribution is -2.20. The van der Waals surface area contributed by atoms with Crippen molar-refractivity contribution in [2.24, 2.45) is 5.92 Å². The molecule has 24 heavy (non-hydrogen) atoms. The molecule has 1 N–H and O–H groups in total. The molecule has 0 aliphatic heterocycles. The van der Waals surface area contributed by atoms with Crippen LogP contribution >= 0.6 is 11.3 Å². The number of hydrogen-bond acceptors (Lipinski definition) is 3. The largest absolute Gasteiger partial charge is 0.355 e. The molecule has 4 rings (SSSR count). The molecule has 0 spiro atoms. The molecule has 0 radical (unpaired) electrons. The highest BCUT2D eigenvalue weighted by atomic mass is 32.1. The summed E-state index contributed by atoms with van der Waals surface area (Å²) in [6.45, 7) is 2.25. The quantitative estimate of drug-likeness (QED) is 0.683. The van der Waals surface area contributed by atoms with Gasteiger partial charge in [0.2, 0.25) is 0 Å². The molecule has 2 aromatic carbocycles. The lowest BCUT2D eigenvalue weighted by atomic mass is 9.87. The van der Waals surface area contributed by atoms with E-state index in [2.05, 4.69) is 18.3 Å². The highest BCUT2D eigenvalue weighted by molar-refractivity contribution is 7.18. The van der Waals surface area contributed by atoms with E-state index in [-0.39, 0.29) is 5.43 Å². The fourth-order valence-electron chi connectivity index (χ4n) is 3.52. The van der Waals surface area contributed by atoms with Crippen LogP contribution in [-0.4, -0.2) is 0 Å². The molecule has 122 valence electrons. The van der Waals surface area contributed by atoms with Gasteiger partial charge in [0.15, 0.2) is 5.43 Å². The van der Waals surface area contributed by atoms with E-state index >= 15 is 0 Å². The molecule has 1 unspecified atom stereocenters. The summed E-state index contributed by atoms with van der Waals surface area (Å²) in [6, 6.07) is 16.2. The molecule has 1 atom stereocenters. The Morgan fingerprint density at radius 2 is 1.96 bits per heavy atom. The Bertz CT molecular complexity index is 930. The summed E-state index contributed by atoms with van der Waals surface area (Å²) in [6.07, 6.45) is 4.37. The first-order valence-corrected chi connectivity index (χ1v) is 9.47. The molecule has 0 amide bonds. The molecule has 1 heterocycles.